The van der Waals surface area contributed by atoms with Crippen LogP contribution >= 0.6 is 11.3 Å². The highest BCUT2D eigenvalue weighted by atomic mass is 32.1. The normalized spacial score (nSPS) is 12.6. The van der Waals surface area contributed by atoms with E-state index in [0.29, 0.717) is 34.9 Å². The minimum atomic E-state index is -4.37. The summed E-state index contributed by atoms with van der Waals surface area (Å²) in [6.07, 6.45) is -0.438. The number of hydrogen-bond donors (Lipinski definition) is 2. The molecule has 37 heavy (non-hydrogen) atoms. The Morgan fingerprint density at radius 3 is 2.49 bits per heavy atom. The Kier molecular flexibility index (Phi) is 6.90. The van der Waals surface area contributed by atoms with Crippen molar-refractivity contribution in [3.05, 3.63) is 102 Å². The van der Waals surface area contributed by atoms with Gasteiger partial charge in [0.15, 0.2) is 5.13 Å². The van der Waals surface area contributed by atoms with Crippen LogP contribution in [0.5, 0.6) is 0 Å². The van der Waals surface area contributed by atoms with E-state index in [2.05, 4.69) is 10.3 Å². The molecule has 1 atom stereocenters. The summed E-state index contributed by atoms with van der Waals surface area (Å²) >= 11 is 1.43. The van der Waals surface area contributed by atoms with Crippen LogP contribution in [0, 0.1) is 5.82 Å². The second-order valence-corrected chi connectivity index (χ2v) is 9.68. The number of thiazole rings is 1. The Morgan fingerprint density at radius 2 is 1.73 bits per heavy atom. The lowest BCUT2D eigenvalue weighted by atomic mass is 10.0. The van der Waals surface area contributed by atoms with Gasteiger partial charge in [-0.05, 0) is 59.3 Å². The summed E-state index contributed by atoms with van der Waals surface area (Å²) in [5.74, 6) is -0.353. The summed E-state index contributed by atoms with van der Waals surface area (Å²) in [6.45, 7) is 0.361. The Balaban J connectivity index is 1.37. The molecule has 0 amide bonds. The Labute approximate surface area is 214 Å². The van der Waals surface area contributed by atoms with Crippen LogP contribution in [-0.2, 0) is 12.6 Å². The van der Waals surface area contributed by atoms with Crippen LogP contribution in [0.4, 0.5) is 22.7 Å². The Bertz CT molecular complexity index is 1530. The summed E-state index contributed by atoms with van der Waals surface area (Å²) in [5.41, 5.74) is 8.54. The lowest BCUT2D eigenvalue weighted by Crippen LogP contribution is -2.31. The topological polar surface area (TPSA) is 63.8 Å². The van der Waals surface area contributed by atoms with E-state index in [1.807, 2.05) is 30.3 Å². The predicted molar refractivity (Wildman–Crippen MR) is 140 cm³/mol. The van der Waals surface area contributed by atoms with E-state index in [1.54, 1.807) is 18.5 Å². The van der Waals surface area contributed by atoms with Gasteiger partial charge in [0, 0.05) is 35.9 Å². The quantitative estimate of drug-likeness (QED) is 0.223. The average molecular weight is 523 g/mol. The number of nitrogens with zero attached hydrogens (tertiary/aromatic N) is 2. The van der Waals surface area contributed by atoms with Crippen LogP contribution < -0.4 is 11.1 Å². The van der Waals surface area contributed by atoms with Gasteiger partial charge in [0.25, 0.3) is 0 Å². The zero-order valence-corrected chi connectivity index (χ0v) is 20.3. The summed E-state index contributed by atoms with van der Waals surface area (Å²) < 4.78 is 52.4. The zero-order chi connectivity index (χ0) is 26.0. The SMILES string of the molecule is N[C@@H](CNc1nc(-c2cccc(F)c2)c(-c2ccc3cnccc3c2)s1)Cc1ccc(C(F)(F)F)cc1. The van der Waals surface area contributed by atoms with Crippen LogP contribution in [-0.4, -0.2) is 22.6 Å². The maximum absolute atomic E-state index is 14.0. The molecule has 0 aliphatic heterocycles. The molecule has 3 N–H and O–H groups in total. The van der Waals surface area contributed by atoms with Gasteiger partial charge in [-0.3, -0.25) is 4.98 Å². The third-order valence-electron chi connectivity index (χ3n) is 5.92. The molecule has 0 aliphatic rings. The third kappa shape index (κ3) is 5.79. The second kappa shape index (κ2) is 10.3. The van der Waals surface area contributed by atoms with Crippen LogP contribution in [0.15, 0.2) is 85.2 Å². The number of nitrogens with one attached hydrogen (secondary N) is 1. The minimum Gasteiger partial charge on any atom is -0.360 e. The molecule has 188 valence electrons. The lowest BCUT2D eigenvalue weighted by Gasteiger charge is -2.13. The van der Waals surface area contributed by atoms with Crippen molar-refractivity contribution in [3.63, 3.8) is 0 Å². The first kappa shape index (κ1) is 24.9. The van der Waals surface area contributed by atoms with Crippen LogP contribution in [0.25, 0.3) is 32.5 Å². The monoisotopic (exact) mass is 522 g/mol. The molecule has 0 fully saturated rings. The van der Waals surface area contributed by atoms with Gasteiger partial charge in [-0.15, -0.1) is 0 Å². The molecule has 4 nitrogen and oxygen atoms in total. The van der Waals surface area contributed by atoms with Crippen LogP contribution in [0.1, 0.15) is 11.1 Å². The van der Waals surface area contributed by atoms with Gasteiger partial charge in [0.1, 0.15) is 5.82 Å². The number of hydrogen-bond acceptors (Lipinski definition) is 5. The number of fused-ring (bicyclic) bond motifs is 1. The minimum absolute atomic E-state index is 0.352. The number of rotatable bonds is 7. The second-order valence-electron chi connectivity index (χ2n) is 8.68. The Morgan fingerprint density at radius 1 is 0.919 bits per heavy atom. The molecule has 5 aromatic rings. The molecule has 5 rings (SSSR count). The van der Waals surface area contributed by atoms with Crippen molar-refractivity contribution < 1.29 is 17.6 Å². The first-order chi connectivity index (χ1) is 17.8. The zero-order valence-electron chi connectivity index (χ0n) is 19.5. The molecule has 2 aromatic heterocycles. The molecular formula is C28H22F4N4S. The number of pyridine rings is 1. The van der Waals surface area contributed by atoms with Gasteiger partial charge in [0.05, 0.1) is 16.1 Å². The fourth-order valence-electron chi connectivity index (χ4n) is 4.07. The first-order valence-corrected chi connectivity index (χ1v) is 12.3. The largest absolute Gasteiger partial charge is 0.416 e. The fourth-order valence-corrected chi connectivity index (χ4v) is 5.06. The molecule has 0 bridgehead atoms. The fraction of sp³-hybridized carbons (Fsp3) is 0.143. The van der Waals surface area contributed by atoms with E-state index in [9.17, 15) is 17.6 Å². The van der Waals surface area contributed by atoms with Gasteiger partial charge in [-0.2, -0.15) is 13.2 Å². The summed E-state index contributed by atoms with van der Waals surface area (Å²) in [6, 6.07) is 18.9. The molecule has 2 heterocycles. The van der Waals surface area contributed by atoms with Gasteiger partial charge < -0.3 is 11.1 Å². The molecule has 0 spiro atoms. The predicted octanol–water partition coefficient (Wildman–Crippen LogP) is 7.17. The van der Waals surface area contributed by atoms with E-state index >= 15 is 0 Å². The van der Waals surface area contributed by atoms with Crippen LogP contribution in [0.3, 0.4) is 0 Å². The number of benzene rings is 3. The number of alkyl halides is 3. The number of anilines is 1. The molecule has 0 saturated carbocycles. The van der Waals surface area contributed by atoms with Gasteiger partial charge in [0.2, 0.25) is 0 Å². The maximum atomic E-state index is 14.0. The van der Waals surface area contributed by atoms with Crippen molar-refractivity contribution in [3.8, 4) is 21.7 Å². The van der Waals surface area contributed by atoms with Crippen LogP contribution in [0.2, 0.25) is 0 Å². The smallest absolute Gasteiger partial charge is 0.360 e. The van der Waals surface area contributed by atoms with E-state index in [1.165, 1.54) is 35.6 Å². The molecule has 0 saturated heterocycles. The summed E-state index contributed by atoms with van der Waals surface area (Å²) in [7, 11) is 0. The van der Waals surface area contributed by atoms with Crippen molar-refractivity contribution in [1.82, 2.24) is 9.97 Å². The van der Waals surface area contributed by atoms with Crippen molar-refractivity contribution >= 4 is 27.2 Å². The molecular weight excluding hydrogens is 500 g/mol. The standard InChI is InChI=1S/C28H22F4N4S/c29-23-3-1-2-19(14-23)25-26(20-6-7-21-15-34-11-10-18(21)13-20)37-27(36-25)35-16-24(33)12-17-4-8-22(9-5-17)28(30,31)32/h1-11,13-15,24H,12,16,33H2,(H,35,36)/t24-/m1/s1. The highest BCUT2D eigenvalue weighted by Gasteiger charge is 2.30. The van der Waals surface area contributed by atoms with Gasteiger partial charge in [-0.1, -0.05) is 47.7 Å². The number of aromatic nitrogens is 2. The maximum Gasteiger partial charge on any atom is 0.416 e. The molecule has 0 unspecified atom stereocenters. The third-order valence-corrected chi connectivity index (χ3v) is 6.98. The van der Waals surface area contributed by atoms with Crippen molar-refractivity contribution in [2.45, 2.75) is 18.6 Å². The van der Waals surface area contributed by atoms with Crippen molar-refractivity contribution in [2.24, 2.45) is 5.73 Å². The summed E-state index contributed by atoms with van der Waals surface area (Å²) in [4.78, 5) is 9.78. The molecule has 3 aromatic carbocycles. The highest BCUT2D eigenvalue weighted by molar-refractivity contribution is 7.19. The lowest BCUT2D eigenvalue weighted by molar-refractivity contribution is -0.137. The summed E-state index contributed by atoms with van der Waals surface area (Å²) in [5, 5.41) is 5.91. The van der Waals surface area contributed by atoms with Crippen molar-refractivity contribution in [2.75, 3.05) is 11.9 Å². The van der Waals surface area contributed by atoms with E-state index < -0.39 is 11.7 Å². The van der Waals surface area contributed by atoms with E-state index in [4.69, 9.17) is 10.7 Å². The molecule has 0 aliphatic carbocycles. The number of halogens is 4. The average Bonchev–Trinajstić information content (AvgIpc) is 3.31. The first-order valence-electron chi connectivity index (χ1n) is 11.5. The molecule has 9 heteroatoms. The van der Waals surface area contributed by atoms with Crippen molar-refractivity contribution in [1.29, 1.82) is 0 Å². The van der Waals surface area contributed by atoms with Gasteiger partial charge in [-0.25, -0.2) is 9.37 Å². The molecule has 0 radical (unpaired) electrons. The van der Waals surface area contributed by atoms with Gasteiger partial charge >= 0.3 is 6.18 Å². The number of nitrogens with two attached hydrogens (primary N) is 1. The highest BCUT2D eigenvalue weighted by Crippen LogP contribution is 2.40. The van der Waals surface area contributed by atoms with E-state index in [-0.39, 0.29) is 11.9 Å². The van der Waals surface area contributed by atoms with E-state index in [0.717, 1.165) is 33.3 Å². The Hall–Kier alpha value is -3.82.